The Morgan fingerprint density at radius 3 is 2.52 bits per heavy atom. The number of carbonyl (C=O) groups excluding carboxylic acids is 1. The Balaban J connectivity index is 1.69. The topological polar surface area (TPSA) is 61.4 Å². The molecule has 114 valence electrons. The number of aliphatic hydroxyl groups is 1. The molecule has 1 unspecified atom stereocenters. The number of rotatable bonds is 4. The summed E-state index contributed by atoms with van der Waals surface area (Å²) in [6, 6.07) is 9.92. The molecule has 0 aromatic heterocycles. The van der Waals surface area contributed by atoms with Gasteiger partial charge in [-0.15, -0.1) is 0 Å². The number of amides is 1. The third-order valence-electron chi connectivity index (χ3n) is 5.19. The van der Waals surface area contributed by atoms with Crippen LogP contribution in [0, 0.1) is 5.41 Å². The molecule has 0 radical (unpaired) electrons. The highest BCUT2D eigenvalue weighted by molar-refractivity contribution is 5.85. The molecule has 2 fully saturated rings. The van der Waals surface area contributed by atoms with Crippen molar-refractivity contribution >= 4 is 5.91 Å². The SMILES string of the molecule is O=C(NCc1ccccc1)C1(C2(O)CCCNC2)CCC1. The van der Waals surface area contributed by atoms with Gasteiger partial charge in [-0.3, -0.25) is 4.79 Å². The van der Waals surface area contributed by atoms with E-state index in [1.807, 2.05) is 30.3 Å². The van der Waals surface area contributed by atoms with Crippen LogP contribution in [-0.4, -0.2) is 29.7 Å². The Hall–Kier alpha value is -1.39. The molecule has 1 heterocycles. The predicted molar refractivity (Wildman–Crippen MR) is 81.6 cm³/mol. The fraction of sp³-hybridized carbons (Fsp3) is 0.588. The summed E-state index contributed by atoms with van der Waals surface area (Å²) < 4.78 is 0. The maximum atomic E-state index is 12.7. The van der Waals surface area contributed by atoms with E-state index < -0.39 is 11.0 Å². The van der Waals surface area contributed by atoms with Gasteiger partial charge in [-0.2, -0.15) is 0 Å². The molecule has 1 saturated heterocycles. The van der Waals surface area contributed by atoms with Gasteiger partial charge in [-0.1, -0.05) is 36.8 Å². The maximum Gasteiger partial charge on any atom is 0.229 e. The van der Waals surface area contributed by atoms with Crippen molar-refractivity contribution in [2.24, 2.45) is 5.41 Å². The predicted octanol–water partition coefficient (Wildman–Crippen LogP) is 1.59. The first-order valence-electron chi connectivity index (χ1n) is 7.92. The van der Waals surface area contributed by atoms with E-state index in [1.165, 1.54) is 0 Å². The van der Waals surface area contributed by atoms with Crippen LogP contribution in [0.2, 0.25) is 0 Å². The molecule has 3 N–H and O–H groups in total. The first-order chi connectivity index (χ1) is 10.2. The van der Waals surface area contributed by atoms with Crippen molar-refractivity contribution in [2.45, 2.75) is 44.2 Å². The molecule has 1 amide bonds. The van der Waals surface area contributed by atoms with Crippen LogP contribution in [0.3, 0.4) is 0 Å². The van der Waals surface area contributed by atoms with Gasteiger partial charge in [-0.25, -0.2) is 0 Å². The standard InChI is InChI=1S/C17H24N2O2/c20-15(19-12-14-6-2-1-3-7-14)16(8-4-9-16)17(21)10-5-11-18-13-17/h1-3,6-7,18,21H,4-5,8-13H2,(H,19,20). The normalized spacial score (nSPS) is 27.7. The maximum absolute atomic E-state index is 12.7. The lowest BCUT2D eigenvalue weighted by Crippen LogP contribution is -2.65. The monoisotopic (exact) mass is 288 g/mol. The van der Waals surface area contributed by atoms with Gasteiger partial charge in [0.25, 0.3) is 0 Å². The minimum absolute atomic E-state index is 0.0174. The Morgan fingerprint density at radius 1 is 1.19 bits per heavy atom. The van der Waals surface area contributed by atoms with Gasteiger partial charge in [0.05, 0.1) is 11.0 Å². The van der Waals surface area contributed by atoms with Crippen molar-refractivity contribution in [2.75, 3.05) is 13.1 Å². The molecule has 1 aliphatic heterocycles. The van der Waals surface area contributed by atoms with E-state index in [4.69, 9.17) is 0 Å². The molecular formula is C17H24N2O2. The van der Waals surface area contributed by atoms with Crippen molar-refractivity contribution < 1.29 is 9.90 Å². The quantitative estimate of drug-likeness (QED) is 0.788. The number of nitrogens with one attached hydrogen (secondary N) is 2. The number of hydrogen-bond donors (Lipinski definition) is 3. The highest BCUT2D eigenvalue weighted by atomic mass is 16.3. The van der Waals surface area contributed by atoms with Gasteiger partial charge >= 0.3 is 0 Å². The molecule has 4 heteroatoms. The molecule has 0 spiro atoms. The zero-order valence-electron chi connectivity index (χ0n) is 12.4. The van der Waals surface area contributed by atoms with Crippen molar-refractivity contribution in [3.05, 3.63) is 35.9 Å². The van der Waals surface area contributed by atoms with E-state index in [-0.39, 0.29) is 5.91 Å². The molecule has 1 aliphatic carbocycles. The lowest BCUT2D eigenvalue weighted by Gasteiger charge is -2.53. The van der Waals surface area contributed by atoms with Crippen LogP contribution in [0.25, 0.3) is 0 Å². The van der Waals surface area contributed by atoms with Crippen molar-refractivity contribution in [1.29, 1.82) is 0 Å². The molecular weight excluding hydrogens is 264 g/mol. The zero-order valence-corrected chi connectivity index (χ0v) is 12.4. The molecule has 1 aromatic carbocycles. The average molecular weight is 288 g/mol. The molecule has 0 bridgehead atoms. The van der Waals surface area contributed by atoms with Crippen LogP contribution in [0.5, 0.6) is 0 Å². The lowest BCUT2D eigenvalue weighted by atomic mass is 9.56. The van der Waals surface area contributed by atoms with Gasteiger partial charge in [0, 0.05) is 13.1 Å². The average Bonchev–Trinajstić information content (AvgIpc) is 2.45. The Labute approximate surface area is 125 Å². The van der Waals surface area contributed by atoms with E-state index >= 15 is 0 Å². The van der Waals surface area contributed by atoms with Gasteiger partial charge in [0.1, 0.15) is 0 Å². The minimum atomic E-state index is -0.885. The largest absolute Gasteiger partial charge is 0.387 e. The van der Waals surface area contributed by atoms with E-state index in [2.05, 4.69) is 10.6 Å². The molecule has 1 saturated carbocycles. The number of piperidine rings is 1. The Bertz CT molecular complexity index is 491. The molecule has 4 nitrogen and oxygen atoms in total. The third-order valence-corrected chi connectivity index (χ3v) is 5.19. The fourth-order valence-corrected chi connectivity index (χ4v) is 3.68. The Kier molecular flexibility index (Phi) is 4.00. The highest BCUT2D eigenvalue weighted by Gasteiger charge is 2.58. The first-order valence-corrected chi connectivity index (χ1v) is 7.92. The molecule has 1 aromatic rings. The number of carbonyl (C=O) groups is 1. The van der Waals surface area contributed by atoms with Crippen molar-refractivity contribution in [3.63, 3.8) is 0 Å². The van der Waals surface area contributed by atoms with E-state index in [9.17, 15) is 9.90 Å². The molecule has 21 heavy (non-hydrogen) atoms. The summed E-state index contributed by atoms with van der Waals surface area (Å²) in [7, 11) is 0. The number of β-amino-alcohol motifs (C(OH)–C–C–N with tert-alkyl or cyclic N) is 1. The minimum Gasteiger partial charge on any atom is -0.387 e. The summed E-state index contributed by atoms with van der Waals surface area (Å²) >= 11 is 0. The molecule has 3 rings (SSSR count). The second-order valence-corrected chi connectivity index (χ2v) is 6.42. The van der Waals surface area contributed by atoms with Gasteiger partial charge < -0.3 is 15.7 Å². The van der Waals surface area contributed by atoms with E-state index in [1.54, 1.807) is 0 Å². The van der Waals surface area contributed by atoms with Crippen LogP contribution < -0.4 is 10.6 Å². The number of benzene rings is 1. The lowest BCUT2D eigenvalue weighted by molar-refractivity contribution is -0.170. The van der Waals surface area contributed by atoms with E-state index in [0.29, 0.717) is 13.1 Å². The fourth-order valence-electron chi connectivity index (χ4n) is 3.68. The number of hydrogen-bond acceptors (Lipinski definition) is 3. The first kappa shape index (κ1) is 14.5. The summed E-state index contributed by atoms with van der Waals surface area (Å²) in [4.78, 5) is 12.7. The van der Waals surface area contributed by atoms with Gasteiger partial charge in [0.2, 0.25) is 5.91 Å². The van der Waals surface area contributed by atoms with Crippen LogP contribution in [-0.2, 0) is 11.3 Å². The van der Waals surface area contributed by atoms with Crippen LogP contribution >= 0.6 is 0 Å². The van der Waals surface area contributed by atoms with Gasteiger partial charge in [-0.05, 0) is 37.8 Å². The summed E-state index contributed by atoms with van der Waals surface area (Å²) in [5, 5.41) is 17.3. The summed E-state index contributed by atoms with van der Waals surface area (Å²) in [6.07, 6.45) is 4.28. The second-order valence-electron chi connectivity index (χ2n) is 6.42. The zero-order chi connectivity index (χ0) is 14.8. The van der Waals surface area contributed by atoms with E-state index in [0.717, 1.165) is 44.2 Å². The summed E-state index contributed by atoms with van der Waals surface area (Å²) in [5.74, 6) is 0.0174. The van der Waals surface area contributed by atoms with Crippen LogP contribution in [0.4, 0.5) is 0 Å². The highest BCUT2D eigenvalue weighted by Crippen LogP contribution is 2.51. The van der Waals surface area contributed by atoms with Crippen LogP contribution in [0.15, 0.2) is 30.3 Å². The Morgan fingerprint density at radius 2 is 1.95 bits per heavy atom. The molecule has 2 aliphatic rings. The molecule has 1 atom stereocenters. The summed E-state index contributed by atoms with van der Waals surface area (Å²) in [5.41, 5.74) is -0.381. The van der Waals surface area contributed by atoms with Crippen LogP contribution in [0.1, 0.15) is 37.7 Å². The van der Waals surface area contributed by atoms with Gasteiger partial charge in [0.15, 0.2) is 0 Å². The summed E-state index contributed by atoms with van der Waals surface area (Å²) in [6.45, 7) is 2.00. The smallest absolute Gasteiger partial charge is 0.229 e. The third kappa shape index (κ3) is 2.58. The van der Waals surface area contributed by atoms with Crippen molar-refractivity contribution in [3.8, 4) is 0 Å². The second kappa shape index (κ2) is 5.78. The van der Waals surface area contributed by atoms with Crippen molar-refractivity contribution in [1.82, 2.24) is 10.6 Å².